The van der Waals surface area contributed by atoms with Gasteiger partial charge in [0, 0.05) is 24.7 Å². The first-order valence-electron chi connectivity index (χ1n) is 7.14. The van der Waals surface area contributed by atoms with Crippen LogP contribution >= 0.6 is 0 Å². The number of hydrogen-bond acceptors (Lipinski definition) is 2. The Morgan fingerprint density at radius 2 is 2.11 bits per heavy atom. The summed E-state index contributed by atoms with van der Waals surface area (Å²) in [6.45, 7) is 4.94. The van der Waals surface area contributed by atoms with Crippen LogP contribution < -0.4 is 4.90 Å². The smallest absolute Gasteiger partial charge is 0.0631 e. The zero-order valence-electron chi connectivity index (χ0n) is 11.4. The molecule has 0 spiro atoms. The molecule has 1 aliphatic carbocycles. The summed E-state index contributed by atoms with van der Waals surface area (Å²) in [6, 6.07) is 7.55. The first-order valence-corrected chi connectivity index (χ1v) is 7.14. The molecule has 1 saturated carbocycles. The van der Waals surface area contributed by atoms with Crippen LogP contribution in [0.1, 0.15) is 44.2 Å². The topological polar surface area (TPSA) is 23.5 Å². The van der Waals surface area contributed by atoms with Gasteiger partial charge in [-0.2, -0.15) is 0 Å². The van der Waals surface area contributed by atoms with E-state index in [2.05, 4.69) is 23.1 Å². The highest BCUT2D eigenvalue weighted by Crippen LogP contribution is 2.36. The Morgan fingerprint density at radius 3 is 2.72 bits per heavy atom. The van der Waals surface area contributed by atoms with Crippen molar-refractivity contribution in [2.75, 3.05) is 11.4 Å². The minimum absolute atomic E-state index is 0.611. The Bertz CT molecular complexity index is 443. The van der Waals surface area contributed by atoms with Gasteiger partial charge < -0.3 is 10.0 Å². The molecule has 98 valence electrons. The average Bonchev–Trinajstić information content (AvgIpc) is 2.56. The molecule has 1 fully saturated rings. The summed E-state index contributed by atoms with van der Waals surface area (Å²) < 4.78 is 0. The van der Waals surface area contributed by atoms with Crippen LogP contribution in [0.15, 0.2) is 18.2 Å². The molecule has 0 aromatic heterocycles. The van der Waals surface area contributed by atoms with E-state index in [1.165, 1.54) is 49.0 Å². The molecule has 1 aromatic rings. The van der Waals surface area contributed by atoms with Crippen LogP contribution in [0, 0.1) is 0 Å². The Balaban J connectivity index is 1.80. The highest BCUT2D eigenvalue weighted by molar-refractivity contribution is 5.60. The summed E-state index contributed by atoms with van der Waals surface area (Å²) in [7, 11) is 0. The van der Waals surface area contributed by atoms with Crippen LogP contribution in [0.4, 0.5) is 5.69 Å². The fourth-order valence-electron chi connectivity index (χ4n) is 3.17. The molecule has 2 heteroatoms. The molecule has 18 heavy (non-hydrogen) atoms. The predicted octanol–water partition coefficient (Wildman–Crippen LogP) is 2.92. The van der Waals surface area contributed by atoms with Crippen LogP contribution in [0.25, 0.3) is 0 Å². The van der Waals surface area contributed by atoms with Gasteiger partial charge in [-0.25, -0.2) is 0 Å². The summed E-state index contributed by atoms with van der Waals surface area (Å²) in [5, 5.41) is 9.90. The number of fused-ring (bicyclic) bond motifs is 1. The summed E-state index contributed by atoms with van der Waals surface area (Å²) in [4.78, 5) is 2.59. The second-order valence-electron chi connectivity index (χ2n) is 6.48. The quantitative estimate of drug-likeness (QED) is 0.885. The molecule has 0 radical (unpaired) electrons. The molecule has 0 atom stereocenters. The third kappa shape index (κ3) is 2.26. The van der Waals surface area contributed by atoms with Gasteiger partial charge in [-0.3, -0.25) is 0 Å². The van der Waals surface area contributed by atoms with E-state index in [4.69, 9.17) is 0 Å². The van der Waals surface area contributed by atoms with Crippen LogP contribution in [-0.4, -0.2) is 23.3 Å². The fourth-order valence-corrected chi connectivity index (χ4v) is 3.17. The second kappa shape index (κ2) is 4.27. The van der Waals surface area contributed by atoms with Gasteiger partial charge >= 0.3 is 0 Å². The maximum atomic E-state index is 9.90. The van der Waals surface area contributed by atoms with E-state index in [1.807, 2.05) is 13.8 Å². The summed E-state index contributed by atoms with van der Waals surface area (Å²) in [5.74, 6) is 0. The van der Waals surface area contributed by atoms with E-state index in [0.29, 0.717) is 0 Å². The lowest BCUT2D eigenvalue weighted by Crippen LogP contribution is -2.38. The van der Waals surface area contributed by atoms with Crippen LogP contribution in [0.3, 0.4) is 0 Å². The number of hydrogen-bond donors (Lipinski definition) is 1. The van der Waals surface area contributed by atoms with E-state index in [-0.39, 0.29) is 0 Å². The lowest BCUT2D eigenvalue weighted by molar-refractivity contribution is 0.0810. The SMILES string of the molecule is CC(C)(O)Cc1ccc2c(c1)CCN2C1CCC1. The first kappa shape index (κ1) is 12.0. The molecule has 0 saturated heterocycles. The van der Waals surface area contributed by atoms with Gasteiger partial charge in [-0.15, -0.1) is 0 Å². The van der Waals surface area contributed by atoms with E-state index in [0.717, 1.165) is 12.5 Å². The third-order valence-electron chi connectivity index (χ3n) is 4.23. The number of benzene rings is 1. The molecule has 1 N–H and O–H groups in total. The zero-order chi connectivity index (χ0) is 12.8. The third-order valence-corrected chi connectivity index (χ3v) is 4.23. The summed E-state index contributed by atoms with van der Waals surface area (Å²) in [5.41, 5.74) is 3.57. The molecule has 0 unspecified atom stereocenters. The van der Waals surface area contributed by atoms with Gasteiger partial charge in [0.15, 0.2) is 0 Å². The van der Waals surface area contributed by atoms with Crippen molar-refractivity contribution in [2.24, 2.45) is 0 Å². The largest absolute Gasteiger partial charge is 0.390 e. The van der Waals surface area contributed by atoms with Gasteiger partial charge in [0.05, 0.1) is 5.60 Å². The normalized spacial score (nSPS) is 19.8. The first-order chi connectivity index (χ1) is 8.53. The molecular weight excluding hydrogens is 222 g/mol. The lowest BCUT2D eigenvalue weighted by atomic mass is 9.91. The van der Waals surface area contributed by atoms with Gasteiger partial charge in [0.2, 0.25) is 0 Å². The van der Waals surface area contributed by atoms with Crippen LogP contribution in [-0.2, 0) is 12.8 Å². The van der Waals surface area contributed by atoms with Crippen molar-refractivity contribution in [1.29, 1.82) is 0 Å². The van der Waals surface area contributed by atoms with Crippen LogP contribution in [0.5, 0.6) is 0 Å². The molecular formula is C16H23NO. The summed E-state index contributed by atoms with van der Waals surface area (Å²) >= 11 is 0. The number of aliphatic hydroxyl groups is 1. The van der Waals surface area contributed by atoms with Crippen molar-refractivity contribution >= 4 is 5.69 Å². The average molecular weight is 245 g/mol. The van der Waals surface area contributed by atoms with E-state index in [1.54, 1.807) is 0 Å². The minimum atomic E-state index is -0.611. The van der Waals surface area contributed by atoms with Crippen LogP contribution in [0.2, 0.25) is 0 Å². The van der Waals surface area contributed by atoms with Gasteiger partial charge in [-0.05, 0) is 56.7 Å². The summed E-state index contributed by atoms with van der Waals surface area (Å²) in [6.07, 6.45) is 6.04. The molecule has 0 amide bonds. The van der Waals surface area contributed by atoms with E-state index in [9.17, 15) is 5.11 Å². The predicted molar refractivity (Wildman–Crippen MR) is 75.1 cm³/mol. The maximum Gasteiger partial charge on any atom is 0.0631 e. The molecule has 1 aliphatic heterocycles. The monoisotopic (exact) mass is 245 g/mol. The standard InChI is InChI=1S/C16H23NO/c1-16(2,18)11-12-6-7-15-13(10-12)8-9-17(15)14-4-3-5-14/h6-7,10,14,18H,3-5,8-9,11H2,1-2H3. The van der Waals surface area contributed by atoms with Gasteiger partial charge in [-0.1, -0.05) is 12.1 Å². The van der Waals surface area contributed by atoms with Crippen molar-refractivity contribution in [3.63, 3.8) is 0 Å². The van der Waals surface area contributed by atoms with Crippen molar-refractivity contribution in [3.05, 3.63) is 29.3 Å². The Morgan fingerprint density at radius 1 is 1.33 bits per heavy atom. The van der Waals surface area contributed by atoms with Gasteiger partial charge in [0.25, 0.3) is 0 Å². The highest BCUT2D eigenvalue weighted by Gasteiger charge is 2.30. The van der Waals surface area contributed by atoms with Crippen molar-refractivity contribution in [3.8, 4) is 0 Å². The molecule has 1 aromatic carbocycles. The molecule has 2 aliphatic rings. The lowest BCUT2D eigenvalue weighted by Gasteiger charge is -2.36. The highest BCUT2D eigenvalue weighted by atomic mass is 16.3. The maximum absolute atomic E-state index is 9.90. The molecule has 2 nitrogen and oxygen atoms in total. The van der Waals surface area contributed by atoms with Crippen molar-refractivity contribution in [1.82, 2.24) is 0 Å². The second-order valence-corrected chi connectivity index (χ2v) is 6.48. The number of anilines is 1. The minimum Gasteiger partial charge on any atom is -0.390 e. The Hall–Kier alpha value is -1.02. The Kier molecular flexibility index (Phi) is 2.86. The van der Waals surface area contributed by atoms with Gasteiger partial charge in [0.1, 0.15) is 0 Å². The molecule has 1 heterocycles. The van der Waals surface area contributed by atoms with E-state index >= 15 is 0 Å². The fraction of sp³-hybridized carbons (Fsp3) is 0.625. The van der Waals surface area contributed by atoms with Crippen molar-refractivity contribution < 1.29 is 5.11 Å². The zero-order valence-corrected chi connectivity index (χ0v) is 11.4. The Labute approximate surface area is 110 Å². The number of nitrogens with zero attached hydrogens (tertiary/aromatic N) is 1. The molecule has 0 bridgehead atoms. The van der Waals surface area contributed by atoms with Crippen molar-refractivity contribution in [2.45, 2.75) is 57.6 Å². The molecule has 3 rings (SSSR count). The van der Waals surface area contributed by atoms with E-state index < -0.39 is 5.60 Å². The number of rotatable bonds is 3.